The monoisotopic (exact) mass is 1250 g/mol. The van der Waals surface area contributed by atoms with Crippen molar-refractivity contribution in [2.75, 3.05) is 50.1 Å². The highest BCUT2D eigenvalue weighted by atomic mass is 16.7. The minimum atomic E-state index is -2.03. The lowest BCUT2D eigenvalue weighted by molar-refractivity contribution is -0.389. The van der Waals surface area contributed by atoms with Gasteiger partial charge in [0.05, 0.1) is 66.8 Å². The van der Waals surface area contributed by atoms with E-state index in [-0.39, 0.29) is 79.6 Å². The Bertz CT molecular complexity index is 4270. The maximum absolute atomic E-state index is 15.1. The third-order valence-corrected chi connectivity index (χ3v) is 17.7. The first-order chi connectivity index (χ1) is 43.4. The number of nitrogens with zero attached hydrogens (tertiary/aromatic N) is 9. The molecule has 1 saturated heterocycles. The summed E-state index contributed by atoms with van der Waals surface area (Å²) in [4.78, 5) is 79.8. The number of methoxy groups -OCH3 is 1. The fourth-order valence-corrected chi connectivity index (χ4v) is 12.3. The number of nitrogens with one attached hydrogen (secondary N) is 1. The van der Waals surface area contributed by atoms with Crippen molar-refractivity contribution in [2.45, 2.75) is 118 Å². The molecule has 4 aliphatic heterocycles. The van der Waals surface area contributed by atoms with Crippen LogP contribution < -0.4 is 35.8 Å². The van der Waals surface area contributed by atoms with Crippen LogP contribution in [0.4, 0.5) is 17.2 Å². The molecule has 5 N–H and O–H groups in total. The third-order valence-electron chi connectivity index (χ3n) is 17.7. The highest BCUT2D eigenvalue weighted by Crippen LogP contribution is 2.43. The maximum Gasteiger partial charge on any atom is 0.414 e. The van der Waals surface area contributed by atoms with Crippen molar-refractivity contribution in [3.05, 3.63) is 143 Å². The molecule has 1 fully saturated rings. The fourth-order valence-electron chi connectivity index (χ4n) is 12.3. The molecule has 4 aromatic carbocycles. The van der Waals surface area contributed by atoms with E-state index in [1.165, 1.54) is 65.5 Å². The molecule has 0 unspecified atom stereocenters. The fraction of sp³-hybridized carbons (Fsp3) is 0.438. The van der Waals surface area contributed by atoms with Crippen molar-refractivity contribution in [2.24, 2.45) is 23.7 Å². The second-order valence-electron chi connectivity index (χ2n) is 24.1. The molecular weight excluding hydrogens is 1180 g/mol. The number of anilines is 2. The van der Waals surface area contributed by atoms with Crippen molar-refractivity contribution < 1.29 is 67.8 Å². The topological polar surface area (TPSA) is 341 Å². The lowest BCUT2D eigenvalue weighted by Gasteiger charge is -2.38. The van der Waals surface area contributed by atoms with Gasteiger partial charge in [0.2, 0.25) is 10.9 Å². The maximum atomic E-state index is 15.1. The second-order valence-corrected chi connectivity index (χ2v) is 24.1. The van der Waals surface area contributed by atoms with Gasteiger partial charge in [-0.1, -0.05) is 75.4 Å². The average molecular weight is 1250 g/mol. The van der Waals surface area contributed by atoms with Crippen LogP contribution in [-0.4, -0.2) is 148 Å². The standard InChI is InChI=1S/C64H72N10O17/c1-32-11-10-12-33(2)62(82)67-53-57(80)49-48(50-59(37(6)56(49)79)91-64(8,61(50)81)88-22-17-45(85-9)34(3)58(89-38(7)75)36(5)55(78)35(4)54(32)77)52-60(53)90-46-24-42(23-44(76)51(46)66-52)71-20-18-70(19-21-71)26-41-27-73(69-68-41)25-39-13-15-40(16-14-39)30-86-43-28-72-29-47(74(83)84)65-63(72)87-31-43/h10-17,22-24,27,29,32,34-36,43,45,54-55,58,77-79,81H,18-21,25-26,28,30-31H2,1-9H3,(H,67,82)/t32-,34+,35+,36+,43-,45-,54-,55+,58+,64-/m0/s1. The molecule has 0 radical (unpaired) electrons. The number of aliphatic hydroxyl groups excluding tert-OH is 3. The van der Waals surface area contributed by atoms with E-state index >= 15 is 4.79 Å². The van der Waals surface area contributed by atoms with Gasteiger partial charge in [-0.3, -0.25) is 28.6 Å². The number of piperazine rings is 1. The van der Waals surface area contributed by atoms with E-state index in [0.29, 0.717) is 58.1 Å². The number of hydrogen-bond donors (Lipinski definition) is 5. The Balaban J connectivity index is 0.859. The zero-order valence-electron chi connectivity index (χ0n) is 51.7. The second kappa shape index (κ2) is 25.5. The Hall–Kier alpha value is -9.28. The van der Waals surface area contributed by atoms with E-state index in [9.17, 15) is 44.9 Å². The van der Waals surface area contributed by atoms with Crippen molar-refractivity contribution in [3.63, 3.8) is 0 Å². The number of ether oxygens (including phenoxy) is 6. The molecule has 0 saturated carbocycles. The van der Waals surface area contributed by atoms with E-state index in [0.717, 1.165) is 16.8 Å². The number of imidazole rings is 1. The van der Waals surface area contributed by atoms with Gasteiger partial charge in [0, 0.05) is 117 Å². The van der Waals surface area contributed by atoms with Crippen LogP contribution in [0.5, 0.6) is 17.5 Å². The number of benzene rings is 4. The van der Waals surface area contributed by atoms with Gasteiger partial charge in [-0.25, -0.2) is 9.67 Å². The van der Waals surface area contributed by atoms with E-state index in [1.54, 1.807) is 55.2 Å². The highest BCUT2D eigenvalue weighted by molar-refractivity contribution is 6.17. The number of phenols is 1. The van der Waals surface area contributed by atoms with E-state index < -0.39 is 98.7 Å². The number of aromatic hydroxyl groups is 1. The van der Waals surface area contributed by atoms with E-state index in [4.69, 9.17) is 37.8 Å². The predicted octanol–water partition coefficient (Wildman–Crippen LogP) is 5.60. The summed E-state index contributed by atoms with van der Waals surface area (Å²) in [7, 11) is 1.44. The molecule has 10 atom stereocenters. The van der Waals surface area contributed by atoms with Gasteiger partial charge in [-0.15, -0.1) is 5.10 Å². The molecule has 0 spiro atoms. The van der Waals surface area contributed by atoms with Crippen LogP contribution in [0.2, 0.25) is 0 Å². The Morgan fingerprint density at radius 3 is 2.36 bits per heavy atom. The molecule has 4 aliphatic rings. The molecule has 4 bridgehead atoms. The van der Waals surface area contributed by atoms with Crippen LogP contribution in [0, 0.1) is 40.7 Å². The molecule has 7 aromatic rings. The number of carbonyl (C=O) groups is 2. The number of esters is 1. The molecule has 0 aliphatic carbocycles. The van der Waals surface area contributed by atoms with E-state index in [2.05, 4.69) is 25.5 Å². The molecule has 1 amide bonds. The van der Waals surface area contributed by atoms with Crippen LogP contribution in [0.25, 0.3) is 38.7 Å². The smallest absolute Gasteiger partial charge is 0.414 e. The summed E-state index contributed by atoms with van der Waals surface area (Å²) in [6.07, 6.45) is 6.31. The Kier molecular flexibility index (Phi) is 17.8. The Labute approximate surface area is 520 Å². The number of rotatable bonds is 11. The highest BCUT2D eigenvalue weighted by Gasteiger charge is 2.44. The van der Waals surface area contributed by atoms with Crippen LogP contribution in [-0.2, 0) is 54.8 Å². The predicted molar refractivity (Wildman–Crippen MR) is 331 cm³/mol. The van der Waals surface area contributed by atoms with Gasteiger partial charge in [0.15, 0.2) is 22.4 Å². The lowest BCUT2D eigenvalue weighted by Crippen LogP contribution is -2.46. The average Bonchev–Trinajstić information content (AvgIpc) is 1.55. The van der Waals surface area contributed by atoms with Crippen molar-refractivity contribution >= 4 is 67.8 Å². The van der Waals surface area contributed by atoms with Crippen LogP contribution in [0.3, 0.4) is 0 Å². The quantitative estimate of drug-likeness (QED) is 0.0346. The number of phenolic OH excluding ortho intramolecular Hbond substituents is 1. The molecule has 27 nitrogen and oxygen atoms in total. The minimum absolute atomic E-state index is 0.0232. The van der Waals surface area contributed by atoms with Gasteiger partial charge >= 0.3 is 23.6 Å². The van der Waals surface area contributed by atoms with Crippen molar-refractivity contribution in [1.29, 1.82) is 0 Å². The zero-order chi connectivity index (χ0) is 64.9. The third kappa shape index (κ3) is 12.5. The number of amides is 1. The lowest BCUT2D eigenvalue weighted by atomic mass is 9.78. The Morgan fingerprint density at radius 2 is 1.65 bits per heavy atom. The van der Waals surface area contributed by atoms with Crippen molar-refractivity contribution in [1.82, 2.24) is 34.4 Å². The zero-order valence-corrected chi connectivity index (χ0v) is 51.7. The first kappa shape index (κ1) is 63.3. The van der Waals surface area contributed by atoms with Gasteiger partial charge in [-0.05, 0) is 36.0 Å². The summed E-state index contributed by atoms with van der Waals surface area (Å²) in [6.45, 7) is 16.6. The molecule has 480 valence electrons. The van der Waals surface area contributed by atoms with E-state index in [1.807, 2.05) is 35.4 Å². The van der Waals surface area contributed by atoms with Gasteiger partial charge in [0.25, 0.3) is 5.91 Å². The number of aliphatic hydroxyl groups is 3. The molecule has 27 heteroatoms. The summed E-state index contributed by atoms with van der Waals surface area (Å²) in [5, 5.41) is 69.6. The number of nitro groups is 1. The van der Waals surface area contributed by atoms with Crippen LogP contribution in [0.15, 0.2) is 98.9 Å². The van der Waals surface area contributed by atoms with Crippen LogP contribution >= 0.6 is 0 Å². The number of aromatic nitrogens is 6. The molecule has 11 rings (SSSR count). The minimum Gasteiger partial charge on any atom is -0.507 e. The SMILES string of the molecule is CO[C@H]1C=CO[C@@]2(C)Oc3c(C)c(O)c4c(=O)c(c5oc6cc(N7CCN(Cc8cn(Cc9ccc(CO[C@@H]%10COc%11nc([N+](=O)[O-])cn%11C%10)cc9)nn8)CC7)cc(=O)c6nc5c4c3=C2O)NC(=O)C(C)=CC=C[C@H](C)[C@H](O)[C@@H](C)[C@@H](O)[C@@H](C)[C@H](OC(C)=O)[C@@H]1C. The summed E-state index contributed by atoms with van der Waals surface area (Å²) >= 11 is 0. The van der Waals surface area contributed by atoms with Gasteiger partial charge in [0.1, 0.15) is 47.7 Å². The van der Waals surface area contributed by atoms with Crippen molar-refractivity contribution in [3.8, 4) is 17.5 Å². The molecule has 91 heavy (non-hydrogen) atoms. The van der Waals surface area contributed by atoms with Gasteiger partial charge < -0.3 is 73.6 Å². The number of fused-ring (bicyclic) bond motifs is 3. The number of hydrogen-bond acceptors (Lipinski definition) is 23. The van der Waals surface area contributed by atoms with Gasteiger partial charge in [-0.2, -0.15) is 0 Å². The molecular formula is C64H72N10O17. The summed E-state index contributed by atoms with van der Waals surface area (Å²) in [6, 6.07) is 11.2. The molecule has 7 heterocycles. The normalized spacial score (nSPS) is 25.1. The first-order valence-corrected chi connectivity index (χ1v) is 30.0. The summed E-state index contributed by atoms with van der Waals surface area (Å²) < 4.78 is 45.7. The Morgan fingerprint density at radius 1 is 0.912 bits per heavy atom. The van der Waals surface area contributed by atoms with Crippen LogP contribution in [0.1, 0.15) is 70.9 Å². The molecule has 3 aromatic heterocycles. The number of allylic oxidation sites excluding steroid dienone is 2. The summed E-state index contributed by atoms with van der Waals surface area (Å²) in [5.41, 5.74) is 0.859. The number of carbonyl (C=O) groups excluding carboxylic acids is 2. The first-order valence-electron chi connectivity index (χ1n) is 30.0. The largest absolute Gasteiger partial charge is 0.507 e. The summed E-state index contributed by atoms with van der Waals surface area (Å²) in [5.74, 6) is -7.51.